The standard InChI is InChI=1S/C16H19N7OS.ClH/c1-22-7-6-18-16(22)13-9-17-5-8-23(13)10-14(24)19-11-3-2-4-12-15(11)21-25-20-12;/h2-4,6-7,13,17H,5,8-10H2,1H3,(H,19,24);1H. The molecule has 2 aromatic rings. The lowest BCUT2D eigenvalue weighted by atomic mass is 10.1. The molecule has 0 aliphatic carbocycles. The first-order valence-electron chi connectivity index (χ1n) is 8.15. The molecule has 0 radical (unpaired) electrons. The molecule has 1 aromatic heterocycles. The van der Waals surface area contributed by atoms with Crippen LogP contribution in [0.3, 0.4) is 0 Å². The number of carbonyl (C=O) groups is 1. The van der Waals surface area contributed by atoms with Crippen molar-refractivity contribution in [3.8, 4) is 0 Å². The minimum Gasteiger partial charge on any atom is -0.337 e. The highest BCUT2D eigenvalue weighted by Crippen LogP contribution is 2.38. The summed E-state index contributed by atoms with van der Waals surface area (Å²) in [6.45, 7) is 2.75. The summed E-state index contributed by atoms with van der Waals surface area (Å²) < 4.78 is 10.5. The molecule has 1 unspecified atom stereocenters. The number of halogens is 1. The van der Waals surface area contributed by atoms with E-state index in [0.29, 0.717) is 12.2 Å². The smallest absolute Gasteiger partial charge is 0.238 e. The van der Waals surface area contributed by atoms with E-state index in [1.807, 2.05) is 36.0 Å². The molecule has 1 fully saturated rings. The Bertz CT molecular complexity index is 877. The van der Waals surface area contributed by atoms with Gasteiger partial charge in [-0.25, -0.2) is 4.98 Å². The molecule has 1 amide bonds. The Morgan fingerprint density at radius 2 is 2.31 bits per heavy atom. The highest BCUT2D eigenvalue weighted by molar-refractivity contribution is 7.58. The number of fused-ring (bicyclic) bond motifs is 1. The van der Waals surface area contributed by atoms with Crippen LogP contribution in [-0.2, 0) is 23.2 Å². The Balaban J connectivity index is 0.00000196. The minimum absolute atomic E-state index is 0. The van der Waals surface area contributed by atoms with Crippen molar-refractivity contribution < 1.29 is 4.79 Å². The number of imidazole rings is 1. The van der Waals surface area contributed by atoms with Gasteiger partial charge in [0.15, 0.2) is 0 Å². The largest absolute Gasteiger partial charge is 0.337 e. The SMILES string of the molecule is Cl.Cn1ccnc1C1CNCCN1CC(=O)Nc1cccc2c1N=S=N2. The zero-order valence-corrected chi connectivity index (χ0v) is 15.9. The van der Waals surface area contributed by atoms with Crippen LogP contribution in [0.4, 0.5) is 17.1 Å². The summed E-state index contributed by atoms with van der Waals surface area (Å²) in [6, 6.07) is 5.70. The Morgan fingerprint density at radius 3 is 3.12 bits per heavy atom. The summed E-state index contributed by atoms with van der Waals surface area (Å²) >= 11 is 1.15. The van der Waals surface area contributed by atoms with Crippen molar-refractivity contribution in [1.29, 1.82) is 0 Å². The molecule has 2 N–H and O–H groups in total. The maximum atomic E-state index is 12.6. The summed E-state index contributed by atoms with van der Waals surface area (Å²) in [5.74, 6) is 0.910. The second-order valence-electron chi connectivity index (χ2n) is 6.07. The highest BCUT2D eigenvalue weighted by atomic mass is 35.5. The van der Waals surface area contributed by atoms with E-state index in [4.69, 9.17) is 0 Å². The third-order valence-corrected chi connectivity index (χ3v) is 4.96. The molecule has 1 saturated heterocycles. The molecule has 1 atom stereocenters. The van der Waals surface area contributed by atoms with Gasteiger partial charge in [-0.3, -0.25) is 9.69 Å². The van der Waals surface area contributed by atoms with Gasteiger partial charge in [0.1, 0.15) is 17.2 Å². The highest BCUT2D eigenvalue weighted by Gasteiger charge is 2.28. The van der Waals surface area contributed by atoms with E-state index in [0.717, 1.165) is 48.2 Å². The fourth-order valence-corrected chi connectivity index (χ4v) is 3.72. The van der Waals surface area contributed by atoms with Crippen molar-refractivity contribution in [1.82, 2.24) is 19.8 Å². The lowest BCUT2D eigenvalue weighted by molar-refractivity contribution is -0.118. The van der Waals surface area contributed by atoms with E-state index in [-0.39, 0.29) is 24.4 Å². The van der Waals surface area contributed by atoms with Gasteiger partial charge >= 0.3 is 0 Å². The molecular formula is C16H20ClN7OS. The molecule has 3 heterocycles. The van der Waals surface area contributed by atoms with Crippen LogP contribution in [-0.4, -0.2) is 46.5 Å². The van der Waals surface area contributed by atoms with Crippen molar-refractivity contribution in [3.63, 3.8) is 0 Å². The number of carbonyl (C=O) groups excluding carboxylic acids is 1. The molecule has 0 saturated carbocycles. The van der Waals surface area contributed by atoms with Crippen molar-refractivity contribution >= 4 is 46.7 Å². The Labute approximate surface area is 161 Å². The van der Waals surface area contributed by atoms with E-state index in [9.17, 15) is 4.79 Å². The number of anilines is 1. The van der Waals surface area contributed by atoms with E-state index < -0.39 is 0 Å². The number of nitrogens with one attached hydrogen (secondary N) is 2. The van der Waals surface area contributed by atoms with Crippen LogP contribution in [0.25, 0.3) is 0 Å². The Kier molecular flexibility index (Phi) is 5.82. The monoisotopic (exact) mass is 393 g/mol. The lowest BCUT2D eigenvalue weighted by Crippen LogP contribution is -2.49. The number of aryl methyl sites for hydroxylation is 1. The van der Waals surface area contributed by atoms with E-state index in [2.05, 4.69) is 29.2 Å². The molecule has 2 aliphatic heterocycles. The summed E-state index contributed by atoms with van der Waals surface area (Å²) in [5.41, 5.74) is 2.25. The quantitative estimate of drug-likeness (QED) is 0.711. The van der Waals surface area contributed by atoms with Crippen LogP contribution >= 0.6 is 12.4 Å². The predicted molar refractivity (Wildman–Crippen MR) is 104 cm³/mol. The van der Waals surface area contributed by atoms with Crippen molar-refractivity contribution in [3.05, 3.63) is 36.4 Å². The number of aromatic nitrogens is 2. The molecule has 0 bridgehead atoms. The van der Waals surface area contributed by atoms with Gasteiger partial charge < -0.3 is 15.2 Å². The summed E-state index contributed by atoms with van der Waals surface area (Å²) in [5, 5.41) is 6.36. The van der Waals surface area contributed by atoms with Crippen LogP contribution in [0.2, 0.25) is 0 Å². The van der Waals surface area contributed by atoms with Crippen molar-refractivity contribution in [2.24, 2.45) is 15.8 Å². The van der Waals surface area contributed by atoms with Gasteiger partial charge in [-0.1, -0.05) is 6.07 Å². The molecular weight excluding hydrogens is 374 g/mol. The van der Waals surface area contributed by atoms with Gasteiger partial charge in [0.25, 0.3) is 0 Å². The van der Waals surface area contributed by atoms with Gasteiger partial charge in [-0.2, -0.15) is 8.73 Å². The third-order valence-electron chi connectivity index (χ3n) is 4.42. The molecule has 2 aliphatic rings. The summed E-state index contributed by atoms with van der Waals surface area (Å²) in [7, 11) is 1.98. The molecule has 138 valence electrons. The number of amides is 1. The van der Waals surface area contributed by atoms with E-state index in [1.165, 1.54) is 0 Å². The van der Waals surface area contributed by atoms with Crippen molar-refractivity contribution in [2.75, 3.05) is 31.5 Å². The third kappa shape index (κ3) is 3.70. The van der Waals surface area contributed by atoms with Gasteiger partial charge in [-0.05, 0) is 12.1 Å². The molecule has 1 aromatic carbocycles. The van der Waals surface area contributed by atoms with Crippen LogP contribution in [0.15, 0.2) is 39.3 Å². The van der Waals surface area contributed by atoms with Gasteiger partial charge in [-0.15, -0.1) is 12.4 Å². The first kappa shape index (κ1) is 18.7. The van der Waals surface area contributed by atoms with Gasteiger partial charge in [0.05, 0.1) is 29.6 Å². The number of nitrogens with zero attached hydrogens (tertiary/aromatic N) is 5. The zero-order chi connectivity index (χ0) is 17.2. The van der Waals surface area contributed by atoms with Gasteiger partial charge in [0, 0.05) is 39.1 Å². The Hall–Kier alpha value is -2.07. The first-order valence-corrected chi connectivity index (χ1v) is 8.88. The topological polar surface area (TPSA) is 86.9 Å². The number of piperazine rings is 1. The molecule has 0 spiro atoms. The Morgan fingerprint density at radius 1 is 1.42 bits per heavy atom. The predicted octanol–water partition coefficient (Wildman–Crippen LogP) is 2.15. The van der Waals surface area contributed by atoms with Crippen LogP contribution in [0.1, 0.15) is 11.9 Å². The average molecular weight is 394 g/mol. The lowest BCUT2D eigenvalue weighted by Gasteiger charge is -2.35. The summed E-state index contributed by atoms with van der Waals surface area (Å²) in [6.07, 6.45) is 3.72. The number of hydrogen-bond acceptors (Lipinski definition) is 6. The zero-order valence-electron chi connectivity index (χ0n) is 14.3. The van der Waals surface area contributed by atoms with Crippen LogP contribution in [0, 0.1) is 0 Å². The first-order chi connectivity index (χ1) is 12.2. The van der Waals surface area contributed by atoms with E-state index >= 15 is 0 Å². The van der Waals surface area contributed by atoms with E-state index in [1.54, 1.807) is 6.20 Å². The molecule has 26 heavy (non-hydrogen) atoms. The minimum atomic E-state index is -0.0541. The maximum Gasteiger partial charge on any atom is 0.238 e. The fourth-order valence-electron chi connectivity index (χ4n) is 3.17. The van der Waals surface area contributed by atoms with Gasteiger partial charge in [0.2, 0.25) is 5.91 Å². The number of benzene rings is 1. The summed E-state index contributed by atoms with van der Waals surface area (Å²) in [4.78, 5) is 19.2. The average Bonchev–Trinajstić information content (AvgIpc) is 3.25. The number of hydrogen-bond donors (Lipinski definition) is 2. The molecule has 4 rings (SSSR count). The van der Waals surface area contributed by atoms with Crippen LogP contribution < -0.4 is 10.6 Å². The molecule has 10 heteroatoms. The fraction of sp³-hybridized carbons (Fsp3) is 0.375. The van der Waals surface area contributed by atoms with Crippen LogP contribution in [0.5, 0.6) is 0 Å². The second kappa shape index (κ2) is 8.09. The maximum absolute atomic E-state index is 12.6. The molecule has 8 nitrogen and oxygen atoms in total. The number of rotatable bonds is 4. The second-order valence-corrected chi connectivity index (χ2v) is 6.60. The normalized spacial score (nSPS) is 18.7. The van der Waals surface area contributed by atoms with Crippen molar-refractivity contribution in [2.45, 2.75) is 6.04 Å².